The van der Waals surface area contributed by atoms with Crippen LogP contribution in [0.15, 0.2) is 158 Å². The zero-order valence-electron chi connectivity index (χ0n) is 25.7. The Bertz CT molecular complexity index is 2780. The lowest BCUT2D eigenvalue weighted by Gasteiger charge is -2.09. The van der Waals surface area contributed by atoms with Crippen molar-refractivity contribution >= 4 is 64.1 Å². The van der Waals surface area contributed by atoms with Gasteiger partial charge in [-0.2, -0.15) is 0 Å². The number of aromatic nitrogens is 4. The molecule has 5 heteroatoms. The SMILES string of the molecule is c1ccc(-c2nc(-c3ccccc3)nc(-c3cccc4c3sc3c4ccc4c3c3ccccc3n4-c3ccc4ccccc4c3)n2)cc1. The molecular formula is C43H26N4S. The highest BCUT2D eigenvalue weighted by atomic mass is 32.1. The third-order valence-electron chi connectivity index (χ3n) is 9.23. The molecule has 0 amide bonds. The quantitative estimate of drug-likeness (QED) is 0.194. The van der Waals surface area contributed by atoms with Crippen LogP contribution < -0.4 is 0 Å². The van der Waals surface area contributed by atoms with E-state index >= 15 is 0 Å². The average molecular weight is 631 g/mol. The van der Waals surface area contributed by atoms with Crippen molar-refractivity contribution in [2.75, 3.05) is 0 Å². The van der Waals surface area contributed by atoms with Gasteiger partial charge in [-0.25, -0.2) is 15.0 Å². The number of nitrogens with zero attached hydrogens (tertiary/aromatic N) is 4. The predicted octanol–water partition coefficient (Wildman–Crippen LogP) is 11.5. The van der Waals surface area contributed by atoms with Crippen LogP contribution in [0.3, 0.4) is 0 Å². The van der Waals surface area contributed by atoms with Crippen molar-refractivity contribution in [3.8, 4) is 39.9 Å². The van der Waals surface area contributed by atoms with Crippen LogP contribution >= 0.6 is 11.3 Å². The van der Waals surface area contributed by atoms with Gasteiger partial charge in [0.05, 0.1) is 11.0 Å². The van der Waals surface area contributed by atoms with Crippen LogP contribution in [-0.4, -0.2) is 19.5 Å². The first-order valence-electron chi connectivity index (χ1n) is 16.0. The van der Waals surface area contributed by atoms with Gasteiger partial charge in [0.25, 0.3) is 0 Å². The van der Waals surface area contributed by atoms with E-state index in [1.54, 1.807) is 0 Å². The maximum Gasteiger partial charge on any atom is 0.165 e. The second kappa shape index (κ2) is 10.7. The second-order valence-electron chi connectivity index (χ2n) is 12.0. The summed E-state index contributed by atoms with van der Waals surface area (Å²) in [4.78, 5) is 15.1. The number of para-hydroxylation sites is 1. The number of benzene rings is 7. The molecule has 224 valence electrons. The van der Waals surface area contributed by atoms with Crippen LogP contribution in [0.4, 0.5) is 0 Å². The van der Waals surface area contributed by atoms with Gasteiger partial charge in [-0.3, -0.25) is 0 Å². The number of hydrogen-bond donors (Lipinski definition) is 0. The van der Waals surface area contributed by atoms with E-state index in [1.165, 1.54) is 52.8 Å². The molecule has 0 bridgehead atoms. The Morgan fingerprint density at radius 3 is 1.81 bits per heavy atom. The molecule has 3 aromatic heterocycles. The normalized spacial score (nSPS) is 11.8. The molecule has 3 heterocycles. The Balaban J connectivity index is 1.24. The Morgan fingerprint density at radius 1 is 0.417 bits per heavy atom. The van der Waals surface area contributed by atoms with E-state index in [-0.39, 0.29) is 0 Å². The van der Waals surface area contributed by atoms with Crippen LogP contribution in [0.25, 0.3) is 92.6 Å². The van der Waals surface area contributed by atoms with Gasteiger partial charge < -0.3 is 4.57 Å². The fourth-order valence-electron chi connectivity index (χ4n) is 7.01. The van der Waals surface area contributed by atoms with Crippen molar-refractivity contribution in [1.82, 2.24) is 19.5 Å². The molecule has 0 aliphatic rings. The Labute approximate surface area is 280 Å². The van der Waals surface area contributed by atoms with Gasteiger partial charge >= 0.3 is 0 Å². The van der Waals surface area contributed by atoms with Crippen molar-refractivity contribution < 1.29 is 0 Å². The summed E-state index contributed by atoms with van der Waals surface area (Å²) in [5.41, 5.74) is 6.50. The summed E-state index contributed by atoms with van der Waals surface area (Å²) in [5.74, 6) is 2.01. The molecule has 0 radical (unpaired) electrons. The first-order chi connectivity index (χ1) is 23.8. The first-order valence-corrected chi connectivity index (χ1v) is 16.9. The molecule has 0 aliphatic carbocycles. The van der Waals surface area contributed by atoms with E-state index in [9.17, 15) is 0 Å². The average Bonchev–Trinajstić information content (AvgIpc) is 3.71. The van der Waals surface area contributed by atoms with Gasteiger partial charge in [0.15, 0.2) is 17.5 Å². The zero-order chi connectivity index (χ0) is 31.6. The third kappa shape index (κ3) is 4.18. The fourth-order valence-corrected chi connectivity index (χ4v) is 8.37. The monoisotopic (exact) mass is 630 g/mol. The highest BCUT2D eigenvalue weighted by Crippen LogP contribution is 2.45. The maximum absolute atomic E-state index is 5.08. The van der Waals surface area contributed by atoms with Gasteiger partial charge in [-0.15, -0.1) is 11.3 Å². The minimum atomic E-state index is 0.665. The molecule has 0 saturated carbocycles. The Morgan fingerprint density at radius 2 is 1.04 bits per heavy atom. The molecule has 48 heavy (non-hydrogen) atoms. The van der Waals surface area contributed by atoms with E-state index < -0.39 is 0 Å². The molecule has 0 atom stereocenters. The molecule has 10 aromatic rings. The standard InChI is InChI=1S/C43H26N4S/c1-3-13-28(14-4-1)41-44-42(29-15-5-2-6-16-29)46-43(45-41)35-20-11-19-32-33-24-25-37-38(40(33)48-39(32)35)34-18-9-10-21-36(34)47(37)31-23-22-27-12-7-8-17-30(27)26-31/h1-26H. The summed E-state index contributed by atoms with van der Waals surface area (Å²) in [6, 6.07) is 55.5. The lowest BCUT2D eigenvalue weighted by atomic mass is 10.1. The second-order valence-corrected chi connectivity index (χ2v) is 13.1. The molecule has 4 nitrogen and oxygen atoms in total. The summed E-state index contributed by atoms with van der Waals surface area (Å²) in [7, 11) is 0. The molecule has 10 rings (SSSR count). The van der Waals surface area contributed by atoms with E-state index in [0.717, 1.165) is 22.4 Å². The number of thiophene rings is 1. The van der Waals surface area contributed by atoms with Crippen LogP contribution in [0.5, 0.6) is 0 Å². The van der Waals surface area contributed by atoms with Crippen LogP contribution in [0.2, 0.25) is 0 Å². The van der Waals surface area contributed by atoms with E-state index in [1.807, 2.05) is 47.7 Å². The lowest BCUT2D eigenvalue weighted by molar-refractivity contribution is 1.08. The summed E-state index contributed by atoms with van der Waals surface area (Å²) < 4.78 is 4.85. The summed E-state index contributed by atoms with van der Waals surface area (Å²) >= 11 is 1.83. The van der Waals surface area contributed by atoms with Gasteiger partial charge in [0.1, 0.15) is 0 Å². The molecule has 0 fully saturated rings. The highest BCUT2D eigenvalue weighted by molar-refractivity contribution is 7.27. The van der Waals surface area contributed by atoms with Crippen molar-refractivity contribution in [2.24, 2.45) is 0 Å². The van der Waals surface area contributed by atoms with Crippen LogP contribution in [-0.2, 0) is 0 Å². The van der Waals surface area contributed by atoms with Crippen molar-refractivity contribution in [3.63, 3.8) is 0 Å². The molecule has 0 saturated heterocycles. The highest BCUT2D eigenvalue weighted by Gasteiger charge is 2.20. The largest absolute Gasteiger partial charge is 0.309 e. The van der Waals surface area contributed by atoms with E-state index in [0.29, 0.717) is 17.5 Å². The van der Waals surface area contributed by atoms with Crippen molar-refractivity contribution in [2.45, 2.75) is 0 Å². The van der Waals surface area contributed by atoms with Gasteiger partial charge in [0, 0.05) is 53.3 Å². The summed E-state index contributed by atoms with van der Waals surface area (Å²) in [6.45, 7) is 0. The van der Waals surface area contributed by atoms with Gasteiger partial charge in [-0.05, 0) is 41.1 Å². The predicted molar refractivity (Wildman–Crippen MR) is 201 cm³/mol. The van der Waals surface area contributed by atoms with E-state index in [2.05, 4.69) is 126 Å². The van der Waals surface area contributed by atoms with Crippen molar-refractivity contribution in [3.05, 3.63) is 158 Å². The smallest absolute Gasteiger partial charge is 0.165 e. The zero-order valence-corrected chi connectivity index (χ0v) is 26.5. The van der Waals surface area contributed by atoms with Gasteiger partial charge in [0.2, 0.25) is 0 Å². The number of hydrogen-bond acceptors (Lipinski definition) is 4. The van der Waals surface area contributed by atoms with E-state index in [4.69, 9.17) is 15.0 Å². The Hall–Kier alpha value is -6.17. The molecule has 7 aromatic carbocycles. The number of fused-ring (bicyclic) bond motifs is 8. The summed E-state index contributed by atoms with van der Waals surface area (Å²) in [6.07, 6.45) is 0. The number of rotatable bonds is 4. The summed E-state index contributed by atoms with van der Waals surface area (Å²) in [5, 5.41) is 7.44. The van der Waals surface area contributed by atoms with Crippen LogP contribution in [0.1, 0.15) is 0 Å². The van der Waals surface area contributed by atoms with Gasteiger partial charge in [-0.1, -0.05) is 127 Å². The molecule has 0 aliphatic heterocycles. The van der Waals surface area contributed by atoms with Crippen LogP contribution in [0, 0.1) is 0 Å². The molecule has 0 N–H and O–H groups in total. The minimum Gasteiger partial charge on any atom is -0.309 e. The molecule has 0 unspecified atom stereocenters. The van der Waals surface area contributed by atoms with Crippen molar-refractivity contribution in [1.29, 1.82) is 0 Å². The molecular weight excluding hydrogens is 605 g/mol. The third-order valence-corrected chi connectivity index (χ3v) is 10.5. The maximum atomic E-state index is 5.08. The first kappa shape index (κ1) is 27.0. The fraction of sp³-hybridized carbons (Fsp3) is 0. The Kier molecular flexibility index (Phi) is 6.01. The minimum absolute atomic E-state index is 0.665. The lowest BCUT2D eigenvalue weighted by Crippen LogP contribution is -2.00. The topological polar surface area (TPSA) is 43.6 Å². The molecule has 0 spiro atoms.